The van der Waals surface area contributed by atoms with E-state index < -0.39 is 24.1 Å². The van der Waals surface area contributed by atoms with Crippen molar-refractivity contribution in [3.63, 3.8) is 0 Å². The Morgan fingerprint density at radius 3 is 2.31 bits per heavy atom. The number of hydrogen-bond donors (Lipinski definition) is 3. The summed E-state index contributed by atoms with van der Waals surface area (Å²) in [4.78, 5) is 47.5. The summed E-state index contributed by atoms with van der Waals surface area (Å²) in [6.07, 6.45) is 1.55. The van der Waals surface area contributed by atoms with E-state index in [1.807, 2.05) is 45.9 Å². The fourth-order valence-electron chi connectivity index (χ4n) is 4.70. The second-order valence-electron chi connectivity index (χ2n) is 9.84. The summed E-state index contributed by atoms with van der Waals surface area (Å²) < 4.78 is 5.39. The molecule has 0 aliphatic heterocycles. The fourth-order valence-corrected chi connectivity index (χ4v) is 4.70. The highest BCUT2D eigenvalue weighted by Crippen LogP contribution is 2.37. The molecule has 3 N–H and O–H groups in total. The van der Waals surface area contributed by atoms with Gasteiger partial charge in [-0.3, -0.25) is 14.5 Å². The predicted molar refractivity (Wildman–Crippen MR) is 153 cm³/mol. The van der Waals surface area contributed by atoms with Crippen LogP contribution in [0.25, 0.3) is 22.2 Å². The molecule has 0 saturated heterocycles. The number of carbonyl (C=O) groups excluding carboxylic acids is 1. The Bertz CT molecular complexity index is 1570. The SMILES string of the molecule is COc1cccc(-c2c(N(CC(=O)O)C(=O)Nc3c(C(C)C)cccc3C(C)C)c(=O)[nH]c3ncccc23)c1. The molecular weight excluding hydrogens is 496 g/mol. The summed E-state index contributed by atoms with van der Waals surface area (Å²) in [6, 6.07) is 15.6. The number of ether oxygens (including phenoxy) is 1. The van der Waals surface area contributed by atoms with E-state index in [0.29, 0.717) is 33.6 Å². The molecule has 0 saturated carbocycles. The number of amides is 2. The Balaban J connectivity index is 1.97. The molecular formula is C30H32N4O5. The van der Waals surface area contributed by atoms with Crippen molar-refractivity contribution in [2.24, 2.45) is 0 Å². The smallest absolute Gasteiger partial charge is 0.327 e. The number of fused-ring (bicyclic) bond motifs is 1. The molecule has 2 aromatic carbocycles. The number of aromatic nitrogens is 2. The van der Waals surface area contributed by atoms with Gasteiger partial charge in [0.1, 0.15) is 23.6 Å². The van der Waals surface area contributed by atoms with E-state index in [1.165, 1.54) is 7.11 Å². The average Bonchev–Trinajstić information content (AvgIpc) is 2.90. The minimum Gasteiger partial charge on any atom is -0.497 e. The third-order valence-electron chi connectivity index (χ3n) is 6.53. The van der Waals surface area contributed by atoms with Crippen molar-refractivity contribution in [3.8, 4) is 16.9 Å². The van der Waals surface area contributed by atoms with Crippen LogP contribution in [0.15, 0.2) is 65.6 Å². The highest BCUT2D eigenvalue weighted by Gasteiger charge is 2.29. The molecule has 202 valence electrons. The number of rotatable bonds is 8. The lowest BCUT2D eigenvalue weighted by atomic mass is 9.92. The number of carbonyl (C=O) groups is 2. The van der Waals surface area contributed by atoms with Crippen LogP contribution in [0.4, 0.5) is 16.2 Å². The van der Waals surface area contributed by atoms with Gasteiger partial charge in [-0.2, -0.15) is 0 Å². The van der Waals surface area contributed by atoms with Gasteiger partial charge >= 0.3 is 12.0 Å². The summed E-state index contributed by atoms with van der Waals surface area (Å²) in [5.74, 6) is -0.546. The van der Waals surface area contributed by atoms with Gasteiger partial charge in [0.2, 0.25) is 0 Å². The van der Waals surface area contributed by atoms with Crippen molar-refractivity contribution in [1.82, 2.24) is 9.97 Å². The minimum absolute atomic E-state index is 0.0921. The molecule has 0 atom stereocenters. The van der Waals surface area contributed by atoms with Crippen LogP contribution in [-0.4, -0.2) is 40.7 Å². The monoisotopic (exact) mass is 528 g/mol. The van der Waals surface area contributed by atoms with Gasteiger partial charge in [0.05, 0.1) is 7.11 Å². The van der Waals surface area contributed by atoms with Crippen LogP contribution < -0.4 is 20.5 Å². The van der Waals surface area contributed by atoms with Crippen molar-refractivity contribution >= 4 is 34.4 Å². The van der Waals surface area contributed by atoms with Gasteiger partial charge in [0.25, 0.3) is 5.56 Å². The Morgan fingerprint density at radius 1 is 1.03 bits per heavy atom. The molecule has 4 rings (SSSR count). The molecule has 0 unspecified atom stereocenters. The number of urea groups is 1. The average molecular weight is 529 g/mol. The number of para-hydroxylation sites is 1. The van der Waals surface area contributed by atoms with Crippen LogP contribution in [0.1, 0.15) is 50.7 Å². The minimum atomic E-state index is -1.27. The molecule has 0 radical (unpaired) electrons. The molecule has 2 amide bonds. The predicted octanol–water partition coefficient (Wildman–Crippen LogP) is 5.97. The summed E-state index contributed by atoms with van der Waals surface area (Å²) in [6.45, 7) is 7.34. The van der Waals surface area contributed by atoms with Gasteiger partial charge in [-0.15, -0.1) is 0 Å². The maximum atomic E-state index is 14.0. The maximum absolute atomic E-state index is 14.0. The first-order chi connectivity index (χ1) is 18.6. The van der Waals surface area contributed by atoms with Crippen molar-refractivity contribution < 1.29 is 19.4 Å². The summed E-state index contributed by atoms with van der Waals surface area (Å²) in [5.41, 5.74) is 2.95. The first-order valence-corrected chi connectivity index (χ1v) is 12.7. The topological polar surface area (TPSA) is 125 Å². The Hall–Kier alpha value is -4.66. The van der Waals surface area contributed by atoms with Crippen molar-refractivity contribution in [1.29, 1.82) is 0 Å². The number of aromatic amines is 1. The first kappa shape index (κ1) is 27.4. The zero-order chi connectivity index (χ0) is 28.3. The molecule has 9 nitrogen and oxygen atoms in total. The summed E-state index contributed by atoms with van der Waals surface area (Å²) in [5, 5.41) is 13.3. The highest BCUT2D eigenvalue weighted by atomic mass is 16.5. The lowest BCUT2D eigenvalue weighted by Gasteiger charge is -2.26. The third-order valence-corrected chi connectivity index (χ3v) is 6.53. The van der Waals surface area contributed by atoms with E-state index in [4.69, 9.17) is 4.74 Å². The Morgan fingerprint density at radius 2 is 1.69 bits per heavy atom. The van der Waals surface area contributed by atoms with E-state index in [2.05, 4.69) is 15.3 Å². The van der Waals surface area contributed by atoms with Gasteiger partial charge in [0, 0.05) is 22.8 Å². The third kappa shape index (κ3) is 5.62. The van der Waals surface area contributed by atoms with Crippen LogP contribution in [0.2, 0.25) is 0 Å². The molecule has 0 bridgehead atoms. The maximum Gasteiger partial charge on any atom is 0.327 e. The number of anilines is 2. The van der Waals surface area contributed by atoms with Crippen LogP contribution in [0.5, 0.6) is 5.75 Å². The van der Waals surface area contributed by atoms with Crippen molar-refractivity contribution in [2.45, 2.75) is 39.5 Å². The Labute approximate surface area is 226 Å². The molecule has 4 aromatic rings. The van der Waals surface area contributed by atoms with Crippen LogP contribution >= 0.6 is 0 Å². The number of aliphatic carboxylic acids is 1. The molecule has 2 heterocycles. The van der Waals surface area contributed by atoms with Gasteiger partial charge in [-0.1, -0.05) is 58.0 Å². The number of hydrogen-bond acceptors (Lipinski definition) is 5. The molecule has 0 fully saturated rings. The lowest BCUT2D eigenvalue weighted by Crippen LogP contribution is -2.42. The number of carboxylic acid groups (broad SMARTS) is 1. The summed E-state index contributed by atoms with van der Waals surface area (Å²) >= 11 is 0. The highest BCUT2D eigenvalue weighted by molar-refractivity contribution is 6.10. The van der Waals surface area contributed by atoms with E-state index >= 15 is 0 Å². The fraction of sp³-hybridized carbons (Fsp3) is 0.267. The van der Waals surface area contributed by atoms with Crippen LogP contribution in [0.3, 0.4) is 0 Å². The van der Waals surface area contributed by atoms with Gasteiger partial charge in [0.15, 0.2) is 0 Å². The van der Waals surface area contributed by atoms with Crippen LogP contribution in [-0.2, 0) is 4.79 Å². The van der Waals surface area contributed by atoms with Crippen molar-refractivity contribution in [3.05, 3.63) is 82.3 Å². The van der Waals surface area contributed by atoms with Gasteiger partial charge in [-0.25, -0.2) is 9.78 Å². The van der Waals surface area contributed by atoms with Gasteiger partial charge in [-0.05, 0) is 52.8 Å². The number of benzene rings is 2. The number of nitrogens with one attached hydrogen (secondary N) is 2. The Kier molecular flexibility index (Phi) is 7.99. The summed E-state index contributed by atoms with van der Waals surface area (Å²) in [7, 11) is 1.53. The lowest BCUT2D eigenvalue weighted by molar-refractivity contribution is -0.135. The number of pyridine rings is 2. The largest absolute Gasteiger partial charge is 0.497 e. The molecule has 0 spiro atoms. The molecule has 2 aromatic heterocycles. The molecule has 0 aliphatic carbocycles. The van der Waals surface area contributed by atoms with E-state index in [0.717, 1.165) is 16.0 Å². The van der Waals surface area contributed by atoms with E-state index in [9.17, 15) is 19.5 Å². The standard InChI is InChI=1S/C30H32N4O5/c1-17(2)21-11-7-12-22(18(3)4)26(21)32-30(38)34(16-24(35)36)27-25(19-9-6-10-20(15-19)39-5)23-13-8-14-31-28(23)33-29(27)37/h6-15,17-18H,16H2,1-5H3,(H,32,38)(H,35,36)(H,31,33,37). The second-order valence-corrected chi connectivity index (χ2v) is 9.84. The van der Waals surface area contributed by atoms with E-state index in [1.54, 1.807) is 42.6 Å². The molecule has 9 heteroatoms. The van der Waals surface area contributed by atoms with Crippen LogP contribution in [0, 0.1) is 0 Å². The zero-order valence-electron chi connectivity index (χ0n) is 22.6. The molecule has 39 heavy (non-hydrogen) atoms. The number of carboxylic acids is 1. The van der Waals surface area contributed by atoms with E-state index in [-0.39, 0.29) is 17.5 Å². The quantitative estimate of drug-likeness (QED) is 0.259. The molecule has 0 aliphatic rings. The van der Waals surface area contributed by atoms with Crippen molar-refractivity contribution in [2.75, 3.05) is 23.9 Å². The first-order valence-electron chi connectivity index (χ1n) is 12.7. The number of H-pyrrole nitrogens is 1. The zero-order valence-corrected chi connectivity index (χ0v) is 22.6. The van der Waals surface area contributed by atoms with Gasteiger partial charge < -0.3 is 20.1 Å². The number of nitrogens with zero attached hydrogens (tertiary/aromatic N) is 2. The second kappa shape index (κ2) is 11.4. The number of methoxy groups -OCH3 is 1. The normalized spacial score (nSPS) is 11.2.